The smallest absolute Gasteiger partial charge is 0.407 e. The van der Waals surface area contributed by atoms with Crippen molar-refractivity contribution in [1.82, 2.24) is 5.32 Å². The van der Waals surface area contributed by atoms with E-state index in [2.05, 4.69) is 5.32 Å². The van der Waals surface area contributed by atoms with E-state index < -0.39 is 0 Å². The molecule has 0 spiro atoms. The molecule has 1 aromatic rings. The normalized spacial score (nSPS) is 11.9. The number of amides is 1. The lowest BCUT2D eigenvalue weighted by molar-refractivity contribution is 0.119. The van der Waals surface area contributed by atoms with Crippen molar-refractivity contribution < 1.29 is 14.3 Å². The number of unbranched alkanes of at least 4 members (excludes halogenated alkanes) is 1. The van der Waals surface area contributed by atoms with Crippen molar-refractivity contribution in [2.45, 2.75) is 32.4 Å². The average Bonchev–Trinajstić information content (AvgIpc) is 2.45. The molecule has 5 nitrogen and oxygen atoms in total. The van der Waals surface area contributed by atoms with Gasteiger partial charge in [-0.1, -0.05) is 30.3 Å². The first-order valence-corrected chi connectivity index (χ1v) is 6.96. The van der Waals surface area contributed by atoms with Gasteiger partial charge in [-0.3, -0.25) is 0 Å². The van der Waals surface area contributed by atoms with Crippen LogP contribution in [0, 0.1) is 0 Å². The minimum Gasteiger partial charge on any atom is -0.445 e. The largest absolute Gasteiger partial charge is 0.445 e. The first-order valence-electron chi connectivity index (χ1n) is 6.96. The van der Waals surface area contributed by atoms with E-state index in [1.54, 1.807) is 0 Å². The molecule has 0 unspecified atom stereocenters. The number of nitrogens with one attached hydrogen (secondary N) is 1. The first kappa shape index (κ1) is 16.5. The van der Waals surface area contributed by atoms with Crippen LogP contribution < -0.4 is 11.1 Å². The first-order chi connectivity index (χ1) is 9.68. The molecule has 0 aliphatic heterocycles. The van der Waals surface area contributed by atoms with Crippen LogP contribution in [0.15, 0.2) is 30.3 Å². The maximum absolute atomic E-state index is 11.4. The SMILES string of the molecule is C[C@@H](N)COCCCCNC(=O)OCc1ccccc1. The highest BCUT2D eigenvalue weighted by Gasteiger charge is 2.01. The van der Waals surface area contributed by atoms with Crippen molar-refractivity contribution in [1.29, 1.82) is 0 Å². The predicted molar refractivity (Wildman–Crippen MR) is 78.3 cm³/mol. The summed E-state index contributed by atoms with van der Waals surface area (Å²) in [4.78, 5) is 11.4. The van der Waals surface area contributed by atoms with Gasteiger partial charge in [-0.05, 0) is 25.3 Å². The second-order valence-corrected chi connectivity index (χ2v) is 4.75. The highest BCUT2D eigenvalue weighted by atomic mass is 16.5. The Morgan fingerprint density at radius 1 is 1.30 bits per heavy atom. The van der Waals surface area contributed by atoms with Gasteiger partial charge >= 0.3 is 6.09 Å². The minimum absolute atomic E-state index is 0.0705. The van der Waals surface area contributed by atoms with Crippen molar-refractivity contribution >= 4 is 6.09 Å². The monoisotopic (exact) mass is 280 g/mol. The lowest BCUT2D eigenvalue weighted by atomic mass is 10.2. The quantitative estimate of drug-likeness (QED) is 0.679. The Bertz CT molecular complexity index is 369. The topological polar surface area (TPSA) is 73.6 Å². The molecule has 1 rings (SSSR count). The van der Waals surface area contributed by atoms with E-state index in [0.717, 1.165) is 18.4 Å². The lowest BCUT2D eigenvalue weighted by Crippen LogP contribution is -2.25. The Labute approximate surface area is 120 Å². The zero-order valence-electron chi connectivity index (χ0n) is 12.0. The molecule has 0 heterocycles. The predicted octanol–water partition coefficient (Wildman–Crippen LogP) is 2.06. The van der Waals surface area contributed by atoms with Crippen molar-refractivity contribution in [2.24, 2.45) is 5.73 Å². The molecule has 112 valence electrons. The number of hydrogen-bond donors (Lipinski definition) is 2. The third-order valence-corrected chi connectivity index (χ3v) is 2.58. The number of carbonyl (C=O) groups is 1. The molecule has 0 saturated heterocycles. The van der Waals surface area contributed by atoms with Crippen LogP contribution in [0.4, 0.5) is 4.79 Å². The van der Waals surface area contributed by atoms with Crippen LogP contribution in [-0.4, -0.2) is 31.9 Å². The summed E-state index contributed by atoms with van der Waals surface area (Å²) in [6.07, 6.45) is 1.37. The Morgan fingerprint density at radius 2 is 2.05 bits per heavy atom. The summed E-state index contributed by atoms with van der Waals surface area (Å²) >= 11 is 0. The lowest BCUT2D eigenvalue weighted by Gasteiger charge is -2.08. The standard InChI is InChI=1S/C15H24N2O3/c1-13(16)11-19-10-6-5-9-17-15(18)20-12-14-7-3-2-4-8-14/h2-4,7-8,13H,5-6,9-12,16H2,1H3,(H,17,18)/t13-/m1/s1. The van der Waals surface area contributed by atoms with Gasteiger partial charge < -0.3 is 20.5 Å². The zero-order valence-corrected chi connectivity index (χ0v) is 12.0. The van der Waals surface area contributed by atoms with Crippen molar-refractivity contribution in [2.75, 3.05) is 19.8 Å². The van der Waals surface area contributed by atoms with Gasteiger partial charge in [0.25, 0.3) is 0 Å². The number of benzene rings is 1. The molecule has 20 heavy (non-hydrogen) atoms. The van der Waals surface area contributed by atoms with Crippen LogP contribution in [0.5, 0.6) is 0 Å². The third-order valence-electron chi connectivity index (χ3n) is 2.58. The summed E-state index contributed by atoms with van der Waals surface area (Å²) in [5, 5.41) is 2.71. The number of alkyl carbamates (subject to hydrolysis) is 1. The van der Waals surface area contributed by atoms with Crippen LogP contribution in [0.1, 0.15) is 25.3 Å². The molecule has 1 aromatic carbocycles. The van der Waals surface area contributed by atoms with E-state index in [4.69, 9.17) is 15.2 Å². The Kier molecular flexibility index (Phi) is 8.42. The summed E-state index contributed by atoms with van der Waals surface area (Å²) < 4.78 is 10.4. The van der Waals surface area contributed by atoms with E-state index >= 15 is 0 Å². The average molecular weight is 280 g/mol. The number of rotatable bonds is 9. The molecule has 0 aliphatic rings. The van der Waals surface area contributed by atoms with Gasteiger partial charge in [0, 0.05) is 19.2 Å². The fourth-order valence-corrected chi connectivity index (χ4v) is 1.56. The fourth-order valence-electron chi connectivity index (χ4n) is 1.56. The molecule has 0 aliphatic carbocycles. The van der Waals surface area contributed by atoms with Crippen molar-refractivity contribution in [3.63, 3.8) is 0 Å². The number of carbonyl (C=O) groups excluding carboxylic acids is 1. The molecular weight excluding hydrogens is 256 g/mol. The highest BCUT2D eigenvalue weighted by Crippen LogP contribution is 2.00. The number of nitrogens with two attached hydrogens (primary N) is 1. The highest BCUT2D eigenvalue weighted by molar-refractivity contribution is 5.67. The van der Waals surface area contributed by atoms with Gasteiger partial charge in [0.05, 0.1) is 6.61 Å². The zero-order chi connectivity index (χ0) is 14.6. The van der Waals surface area contributed by atoms with Crippen LogP contribution >= 0.6 is 0 Å². The molecule has 0 fully saturated rings. The van der Waals surface area contributed by atoms with Gasteiger partial charge in [-0.15, -0.1) is 0 Å². The molecule has 1 amide bonds. The molecule has 0 saturated carbocycles. The second-order valence-electron chi connectivity index (χ2n) is 4.75. The maximum atomic E-state index is 11.4. The van der Waals surface area contributed by atoms with Gasteiger partial charge in [0.2, 0.25) is 0 Å². The van der Waals surface area contributed by atoms with Crippen LogP contribution in [0.3, 0.4) is 0 Å². The van der Waals surface area contributed by atoms with Gasteiger partial charge in [-0.2, -0.15) is 0 Å². The van der Waals surface area contributed by atoms with Crippen molar-refractivity contribution in [3.05, 3.63) is 35.9 Å². The van der Waals surface area contributed by atoms with E-state index in [9.17, 15) is 4.79 Å². The molecule has 0 radical (unpaired) electrons. The summed E-state index contributed by atoms with van der Waals surface area (Å²) in [6.45, 7) is 4.04. The summed E-state index contributed by atoms with van der Waals surface area (Å²) in [7, 11) is 0. The molecule has 0 aromatic heterocycles. The Balaban J connectivity index is 1.95. The van der Waals surface area contributed by atoms with Crippen molar-refractivity contribution in [3.8, 4) is 0 Å². The van der Waals surface area contributed by atoms with Crippen LogP contribution in [0.2, 0.25) is 0 Å². The van der Waals surface area contributed by atoms with E-state index in [-0.39, 0.29) is 12.1 Å². The number of ether oxygens (including phenoxy) is 2. The van der Waals surface area contributed by atoms with E-state index in [1.165, 1.54) is 0 Å². The third kappa shape index (κ3) is 8.50. The second kappa shape index (κ2) is 10.2. The van der Waals surface area contributed by atoms with E-state index in [0.29, 0.717) is 26.4 Å². The summed E-state index contributed by atoms with van der Waals surface area (Å²) in [6, 6.07) is 9.67. The summed E-state index contributed by atoms with van der Waals surface area (Å²) in [5.74, 6) is 0. The van der Waals surface area contributed by atoms with Gasteiger partial charge in [0.15, 0.2) is 0 Å². The maximum Gasteiger partial charge on any atom is 0.407 e. The van der Waals surface area contributed by atoms with E-state index in [1.807, 2.05) is 37.3 Å². The molecule has 1 atom stereocenters. The Hall–Kier alpha value is -1.59. The molecule has 5 heteroatoms. The fraction of sp³-hybridized carbons (Fsp3) is 0.533. The molecule has 0 bridgehead atoms. The van der Waals surface area contributed by atoms with Gasteiger partial charge in [-0.25, -0.2) is 4.79 Å². The minimum atomic E-state index is -0.384. The number of hydrogen-bond acceptors (Lipinski definition) is 4. The molecular formula is C15H24N2O3. The summed E-state index contributed by atoms with van der Waals surface area (Å²) in [5.41, 5.74) is 6.53. The van der Waals surface area contributed by atoms with Crippen LogP contribution in [-0.2, 0) is 16.1 Å². The van der Waals surface area contributed by atoms with Crippen LogP contribution in [0.25, 0.3) is 0 Å². The van der Waals surface area contributed by atoms with Gasteiger partial charge in [0.1, 0.15) is 6.61 Å². The molecule has 3 N–H and O–H groups in total. The Morgan fingerprint density at radius 3 is 2.75 bits per heavy atom.